The van der Waals surface area contributed by atoms with E-state index in [1.165, 1.54) is 0 Å². The van der Waals surface area contributed by atoms with E-state index >= 15 is 0 Å². The zero-order valence-corrected chi connectivity index (χ0v) is 20.4. The van der Waals surface area contributed by atoms with Gasteiger partial charge >= 0.3 is 0 Å². The topological polar surface area (TPSA) is 79.8 Å². The lowest BCUT2D eigenvalue weighted by molar-refractivity contribution is -0.131. The molecule has 3 aromatic rings. The summed E-state index contributed by atoms with van der Waals surface area (Å²) in [5.41, 5.74) is 1.73. The van der Waals surface area contributed by atoms with E-state index in [0.29, 0.717) is 26.1 Å². The number of benzene rings is 2. The summed E-state index contributed by atoms with van der Waals surface area (Å²) in [5.74, 6) is 0.925. The molecule has 1 amide bonds. The second kappa shape index (κ2) is 10.5. The number of ether oxygens (including phenoxy) is 1. The van der Waals surface area contributed by atoms with Crippen LogP contribution in [0.4, 0.5) is 5.13 Å². The SMILES string of the molecule is CCOc1ccc2nc(N3CCN(C(=O)CCCS(=O)(=O)Cc4ccccc4)CC3)sc2c1. The van der Waals surface area contributed by atoms with Crippen molar-refractivity contribution in [3.8, 4) is 5.75 Å². The molecule has 1 aliphatic rings. The van der Waals surface area contributed by atoms with Crippen LogP contribution < -0.4 is 9.64 Å². The lowest BCUT2D eigenvalue weighted by Gasteiger charge is -2.34. The van der Waals surface area contributed by atoms with Gasteiger partial charge in [0.15, 0.2) is 15.0 Å². The summed E-state index contributed by atoms with van der Waals surface area (Å²) in [5, 5.41) is 0.956. The van der Waals surface area contributed by atoms with Crippen molar-refractivity contribution in [2.75, 3.05) is 43.4 Å². The summed E-state index contributed by atoms with van der Waals surface area (Å²) in [6, 6.07) is 15.1. The predicted molar refractivity (Wildman–Crippen MR) is 133 cm³/mol. The van der Waals surface area contributed by atoms with Crippen molar-refractivity contribution >= 4 is 42.4 Å². The van der Waals surface area contributed by atoms with Crippen LogP contribution in [0, 0.1) is 0 Å². The maximum absolute atomic E-state index is 12.6. The van der Waals surface area contributed by atoms with E-state index in [2.05, 4.69) is 4.90 Å². The molecule has 0 unspecified atom stereocenters. The summed E-state index contributed by atoms with van der Waals surface area (Å²) >= 11 is 1.64. The standard InChI is InChI=1S/C24H29N3O4S2/c1-2-31-20-10-11-21-22(17-20)32-24(25-21)27-14-12-26(13-15-27)23(28)9-6-16-33(29,30)18-19-7-4-3-5-8-19/h3-5,7-8,10-11,17H,2,6,9,12-16,18H2,1H3. The molecule has 9 heteroatoms. The summed E-state index contributed by atoms with van der Waals surface area (Å²) < 4.78 is 31.4. The average molecular weight is 488 g/mol. The predicted octanol–water partition coefficient (Wildman–Crippen LogP) is 3.74. The lowest BCUT2D eigenvalue weighted by atomic mass is 10.2. The highest BCUT2D eigenvalue weighted by atomic mass is 32.2. The fourth-order valence-corrected chi connectivity index (χ4v) is 6.41. The Balaban J connectivity index is 1.25. The third-order valence-corrected chi connectivity index (χ3v) is 8.40. The monoisotopic (exact) mass is 487 g/mol. The number of sulfone groups is 1. The molecule has 2 aromatic carbocycles. The van der Waals surface area contributed by atoms with E-state index in [0.717, 1.165) is 39.8 Å². The van der Waals surface area contributed by atoms with Crippen molar-refractivity contribution in [1.82, 2.24) is 9.88 Å². The van der Waals surface area contributed by atoms with E-state index in [-0.39, 0.29) is 23.8 Å². The third kappa shape index (κ3) is 6.23. The van der Waals surface area contributed by atoms with Crippen molar-refractivity contribution in [2.24, 2.45) is 0 Å². The second-order valence-corrected chi connectivity index (χ2v) is 11.3. The van der Waals surface area contributed by atoms with Crippen LogP contribution in [0.3, 0.4) is 0 Å². The minimum Gasteiger partial charge on any atom is -0.494 e. The lowest BCUT2D eigenvalue weighted by Crippen LogP contribution is -2.48. The molecule has 1 aliphatic heterocycles. The first kappa shape index (κ1) is 23.5. The molecule has 7 nitrogen and oxygen atoms in total. The number of amides is 1. The van der Waals surface area contributed by atoms with Crippen molar-refractivity contribution in [3.63, 3.8) is 0 Å². The normalized spacial score (nSPS) is 14.6. The zero-order chi connectivity index (χ0) is 23.3. The maximum atomic E-state index is 12.6. The first-order valence-corrected chi connectivity index (χ1v) is 13.9. The number of anilines is 1. The number of aromatic nitrogens is 1. The highest BCUT2D eigenvalue weighted by molar-refractivity contribution is 7.90. The maximum Gasteiger partial charge on any atom is 0.222 e. The van der Waals surface area contributed by atoms with Gasteiger partial charge in [0.25, 0.3) is 0 Å². The smallest absolute Gasteiger partial charge is 0.222 e. The molecule has 2 heterocycles. The number of piperazine rings is 1. The quantitative estimate of drug-likeness (QED) is 0.458. The molecule has 176 valence electrons. The van der Waals surface area contributed by atoms with E-state index < -0.39 is 9.84 Å². The first-order chi connectivity index (χ1) is 15.9. The van der Waals surface area contributed by atoms with E-state index in [9.17, 15) is 13.2 Å². The average Bonchev–Trinajstić information content (AvgIpc) is 3.23. The Morgan fingerprint density at radius 1 is 1.09 bits per heavy atom. The van der Waals surface area contributed by atoms with Crippen LogP contribution in [0.5, 0.6) is 5.75 Å². The number of carbonyl (C=O) groups excluding carboxylic acids is 1. The van der Waals surface area contributed by atoms with Crippen LogP contribution in [0.1, 0.15) is 25.3 Å². The third-order valence-electron chi connectivity index (χ3n) is 5.64. The van der Waals surface area contributed by atoms with Gasteiger partial charge in [-0.25, -0.2) is 13.4 Å². The molecule has 0 N–H and O–H groups in total. The molecule has 0 radical (unpaired) electrons. The summed E-state index contributed by atoms with van der Waals surface area (Å²) in [6.07, 6.45) is 0.615. The fourth-order valence-electron chi connectivity index (χ4n) is 3.93. The van der Waals surface area contributed by atoms with E-state index in [1.807, 2.05) is 60.4 Å². The molecule has 1 fully saturated rings. The van der Waals surface area contributed by atoms with Crippen LogP contribution in [-0.2, 0) is 20.4 Å². The van der Waals surface area contributed by atoms with Gasteiger partial charge < -0.3 is 14.5 Å². The summed E-state index contributed by atoms with van der Waals surface area (Å²) in [7, 11) is -3.22. The Morgan fingerprint density at radius 2 is 1.85 bits per heavy atom. The second-order valence-electron chi connectivity index (χ2n) is 8.11. The number of hydrogen-bond donors (Lipinski definition) is 0. The van der Waals surface area contributed by atoms with Gasteiger partial charge in [0.05, 0.1) is 28.3 Å². The van der Waals surface area contributed by atoms with Gasteiger partial charge in [-0.05, 0) is 37.1 Å². The van der Waals surface area contributed by atoms with Crippen molar-refractivity contribution in [3.05, 3.63) is 54.1 Å². The van der Waals surface area contributed by atoms with Gasteiger partial charge in [0, 0.05) is 32.6 Å². The Hall–Kier alpha value is -2.65. The Kier molecular flexibility index (Phi) is 7.49. The van der Waals surface area contributed by atoms with E-state index in [1.54, 1.807) is 11.3 Å². The number of thiazole rings is 1. The van der Waals surface area contributed by atoms with Gasteiger partial charge in [-0.3, -0.25) is 4.79 Å². The molecule has 1 aromatic heterocycles. The number of hydrogen-bond acceptors (Lipinski definition) is 7. The Bertz CT molecular complexity index is 1190. The van der Waals surface area contributed by atoms with Crippen LogP contribution in [0.15, 0.2) is 48.5 Å². The summed E-state index contributed by atoms with van der Waals surface area (Å²) in [4.78, 5) is 21.4. The molecule has 0 bridgehead atoms. The van der Waals surface area contributed by atoms with Gasteiger partial charge in [-0.2, -0.15) is 0 Å². The molecule has 0 saturated carbocycles. The molecule has 0 atom stereocenters. The minimum atomic E-state index is -3.22. The molecular weight excluding hydrogens is 458 g/mol. The van der Waals surface area contributed by atoms with Gasteiger partial charge in [-0.15, -0.1) is 0 Å². The zero-order valence-electron chi connectivity index (χ0n) is 18.8. The van der Waals surface area contributed by atoms with Crippen LogP contribution in [0.25, 0.3) is 10.2 Å². The van der Waals surface area contributed by atoms with Crippen molar-refractivity contribution < 1.29 is 17.9 Å². The number of rotatable bonds is 9. The molecule has 4 rings (SSSR count). The Labute approximate surface area is 198 Å². The number of carbonyl (C=O) groups is 1. The molecule has 0 spiro atoms. The molecule has 1 saturated heterocycles. The molecule has 33 heavy (non-hydrogen) atoms. The Morgan fingerprint density at radius 3 is 2.58 bits per heavy atom. The molecular formula is C24H29N3O4S2. The summed E-state index contributed by atoms with van der Waals surface area (Å²) in [6.45, 7) is 5.27. The highest BCUT2D eigenvalue weighted by Gasteiger charge is 2.23. The van der Waals surface area contributed by atoms with Gasteiger partial charge in [0.1, 0.15) is 5.75 Å². The molecule has 0 aliphatic carbocycles. The fraction of sp³-hybridized carbons (Fsp3) is 0.417. The van der Waals surface area contributed by atoms with Gasteiger partial charge in [-0.1, -0.05) is 41.7 Å². The first-order valence-electron chi connectivity index (χ1n) is 11.2. The highest BCUT2D eigenvalue weighted by Crippen LogP contribution is 2.32. The largest absolute Gasteiger partial charge is 0.494 e. The number of fused-ring (bicyclic) bond motifs is 1. The van der Waals surface area contributed by atoms with Crippen LogP contribution in [-0.4, -0.2) is 62.7 Å². The van der Waals surface area contributed by atoms with Crippen LogP contribution >= 0.6 is 11.3 Å². The number of nitrogens with zero attached hydrogens (tertiary/aromatic N) is 3. The van der Waals surface area contributed by atoms with Crippen molar-refractivity contribution in [2.45, 2.75) is 25.5 Å². The van der Waals surface area contributed by atoms with E-state index in [4.69, 9.17) is 9.72 Å². The minimum absolute atomic E-state index is 0.0228. The van der Waals surface area contributed by atoms with Crippen LogP contribution in [0.2, 0.25) is 0 Å². The van der Waals surface area contributed by atoms with Gasteiger partial charge in [0.2, 0.25) is 5.91 Å². The van der Waals surface area contributed by atoms with Crippen molar-refractivity contribution in [1.29, 1.82) is 0 Å².